The van der Waals surface area contributed by atoms with E-state index in [9.17, 15) is 4.79 Å². The van der Waals surface area contributed by atoms with Gasteiger partial charge in [-0.3, -0.25) is 4.79 Å². The highest BCUT2D eigenvalue weighted by molar-refractivity contribution is 9.10. The Balaban J connectivity index is 2.85. The predicted molar refractivity (Wildman–Crippen MR) is 54.7 cm³/mol. The molecular weight excluding hydrogens is 238 g/mol. The van der Waals surface area contributed by atoms with Crippen LogP contribution in [-0.4, -0.2) is 24.4 Å². The van der Waals surface area contributed by atoms with Gasteiger partial charge in [-0.25, -0.2) is 0 Å². The molecule has 0 bridgehead atoms. The molecule has 0 radical (unpaired) electrons. The highest BCUT2D eigenvalue weighted by atomic mass is 79.9. The third kappa shape index (κ3) is 1.87. The average Bonchev–Trinajstić information content (AvgIpc) is 2.48. The SMILES string of the molecule is CCN(C)C(=O)c1sccc1Br. The molecule has 0 fully saturated rings. The highest BCUT2D eigenvalue weighted by Crippen LogP contribution is 2.23. The highest BCUT2D eigenvalue weighted by Gasteiger charge is 2.14. The van der Waals surface area contributed by atoms with Crippen LogP contribution in [0.25, 0.3) is 0 Å². The maximum Gasteiger partial charge on any atom is 0.264 e. The molecule has 0 spiro atoms. The topological polar surface area (TPSA) is 20.3 Å². The Morgan fingerprint density at radius 1 is 1.75 bits per heavy atom. The quantitative estimate of drug-likeness (QED) is 0.787. The summed E-state index contributed by atoms with van der Waals surface area (Å²) in [6.07, 6.45) is 0. The number of thiophene rings is 1. The van der Waals surface area contributed by atoms with E-state index in [1.165, 1.54) is 11.3 Å². The zero-order chi connectivity index (χ0) is 9.14. The Bertz CT molecular complexity index is 284. The molecule has 1 amide bonds. The monoisotopic (exact) mass is 247 g/mol. The van der Waals surface area contributed by atoms with Crippen molar-refractivity contribution in [3.63, 3.8) is 0 Å². The van der Waals surface area contributed by atoms with E-state index in [1.807, 2.05) is 18.4 Å². The van der Waals surface area contributed by atoms with E-state index in [1.54, 1.807) is 11.9 Å². The summed E-state index contributed by atoms with van der Waals surface area (Å²) < 4.78 is 0.887. The lowest BCUT2D eigenvalue weighted by molar-refractivity contribution is 0.0806. The molecule has 1 aromatic rings. The van der Waals surface area contributed by atoms with Gasteiger partial charge in [0.2, 0.25) is 0 Å². The van der Waals surface area contributed by atoms with Crippen molar-refractivity contribution in [1.29, 1.82) is 0 Å². The zero-order valence-corrected chi connectivity index (χ0v) is 9.41. The van der Waals surface area contributed by atoms with Crippen LogP contribution >= 0.6 is 27.3 Å². The van der Waals surface area contributed by atoms with E-state index in [2.05, 4.69) is 15.9 Å². The smallest absolute Gasteiger partial charge is 0.264 e. The Hall–Kier alpha value is -0.350. The van der Waals surface area contributed by atoms with Crippen molar-refractivity contribution in [2.24, 2.45) is 0 Å². The second-order valence-electron chi connectivity index (χ2n) is 2.42. The standard InChI is InChI=1S/C8H10BrNOS/c1-3-10(2)8(11)7-6(9)4-5-12-7/h4-5H,3H2,1-2H3. The molecule has 12 heavy (non-hydrogen) atoms. The van der Waals surface area contributed by atoms with Gasteiger partial charge in [-0.15, -0.1) is 11.3 Å². The van der Waals surface area contributed by atoms with E-state index in [0.29, 0.717) is 0 Å². The van der Waals surface area contributed by atoms with Crippen LogP contribution in [0.1, 0.15) is 16.6 Å². The molecule has 4 heteroatoms. The van der Waals surface area contributed by atoms with E-state index in [0.717, 1.165) is 15.9 Å². The van der Waals surface area contributed by atoms with E-state index < -0.39 is 0 Å². The predicted octanol–water partition coefficient (Wildman–Crippen LogP) is 2.60. The first kappa shape index (κ1) is 9.74. The number of rotatable bonds is 2. The Labute approximate surface area is 84.3 Å². The summed E-state index contributed by atoms with van der Waals surface area (Å²) in [6, 6.07) is 1.89. The molecule has 0 aromatic carbocycles. The molecule has 0 aliphatic rings. The normalized spacial score (nSPS) is 9.92. The van der Waals surface area contributed by atoms with Gasteiger partial charge in [0.1, 0.15) is 4.88 Å². The molecule has 0 atom stereocenters. The van der Waals surface area contributed by atoms with Gasteiger partial charge in [0.25, 0.3) is 5.91 Å². The van der Waals surface area contributed by atoms with Crippen LogP contribution in [0, 0.1) is 0 Å². The van der Waals surface area contributed by atoms with Crippen LogP contribution in [0.4, 0.5) is 0 Å². The Kier molecular flexibility index (Phi) is 3.29. The summed E-state index contributed by atoms with van der Waals surface area (Å²) in [4.78, 5) is 14.0. The molecule has 0 unspecified atom stereocenters. The van der Waals surface area contributed by atoms with Crippen LogP contribution in [0.3, 0.4) is 0 Å². The molecule has 0 saturated carbocycles. The van der Waals surface area contributed by atoms with Crippen molar-refractivity contribution in [1.82, 2.24) is 4.90 Å². The number of hydrogen-bond acceptors (Lipinski definition) is 2. The van der Waals surface area contributed by atoms with Gasteiger partial charge in [-0.05, 0) is 34.3 Å². The first-order valence-electron chi connectivity index (χ1n) is 3.65. The van der Waals surface area contributed by atoms with Gasteiger partial charge in [0.05, 0.1) is 0 Å². The number of amides is 1. The van der Waals surface area contributed by atoms with E-state index in [4.69, 9.17) is 0 Å². The number of carbonyl (C=O) groups is 1. The minimum Gasteiger partial charge on any atom is -0.341 e. The summed E-state index contributed by atoms with van der Waals surface area (Å²) in [7, 11) is 1.80. The summed E-state index contributed by atoms with van der Waals surface area (Å²) >= 11 is 4.79. The fourth-order valence-corrected chi connectivity index (χ4v) is 2.30. The minimum absolute atomic E-state index is 0.0828. The Morgan fingerprint density at radius 2 is 2.42 bits per heavy atom. The van der Waals surface area contributed by atoms with Crippen molar-refractivity contribution < 1.29 is 4.79 Å². The molecular formula is C8H10BrNOS. The van der Waals surface area contributed by atoms with Crippen LogP contribution < -0.4 is 0 Å². The number of halogens is 1. The maximum absolute atomic E-state index is 11.6. The van der Waals surface area contributed by atoms with Crippen molar-refractivity contribution in [2.75, 3.05) is 13.6 Å². The van der Waals surface area contributed by atoms with Gasteiger partial charge >= 0.3 is 0 Å². The average molecular weight is 248 g/mol. The lowest BCUT2D eigenvalue weighted by Gasteiger charge is -2.12. The van der Waals surface area contributed by atoms with Gasteiger partial charge in [-0.2, -0.15) is 0 Å². The summed E-state index contributed by atoms with van der Waals surface area (Å²) in [5, 5.41) is 1.90. The third-order valence-electron chi connectivity index (χ3n) is 1.63. The molecule has 1 rings (SSSR count). The van der Waals surface area contributed by atoms with E-state index >= 15 is 0 Å². The van der Waals surface area contributed by atoms with Gasteiger partial charge in [-0.1, -0.05) is 0 Å². The summed E-state index contributed by atoms with van der Waals surface area (Å²) in [5.74, 6) is 0.0828. The lowest BCUT2D eigenvalue weighted by Crippen LogP contribution is -2.25. The summed E-state index contributed by atoms with van der Waals surface area (Å²) in [5.41, 5.74) is 0. The molecule has 0 aliphatic carbocycles. The zero-order valence-electron chi connectivity index (χ0n) is 7.00. The van der Waals surface area contributed by atoms with Gasteiger partial charge in [0, 0.05) is 18.1 Å². The van der Waals surface area contributed by atoms with Crippen molar-refractivity contribution >= 4 is 33.2 Å². The molecule has 0 N–H and O–H groups in total. The van der Waals surface area contributed by atoms with Gasteiger partial charge < -0.3 is 4.90 Å². The maximum atomic E-state index is 11.6. The molecule has 0 aliphatic heterocycles. The second-order valence-corrected chi connectivity index (χ2v) is 4.19. The van der Waals surface area contributed by atoms with Crippen LogP contribution in [-0.2, 0) is 0 Å². The first-order valence-corrected chi connectivity index (χ1v) is 5.32. The lowest BCUT2D eigenvalue weighted by atomic mass is 10.4. The van der Waals surface area contributed by atoms with Crippen molar-refractivity contribution in [2.45, 2.75) is 6.92 Å². The largest absolute Gasteiger partial charge is 0.341 e. The Morgan fingerprint density at radius 3 is 2.83 bits per heavy atom. The van der Waals surface area contributed by atoms with Crippen LogP contribution in [0.15, 0.2) is 15.9 Å². The minimum atomic E-state index is 0.0828. The van der Waals surface area contributed by atoms with Crippen molar-refractivity contribution in [3.05, 3.63) is 20.8 Å². The molecule has 1 heterocycles. The summed E-state index contributed by atoms with van der Waals surface area (Å²) in [6.45, 7) is 2.70. The van der Waals surface area contributed by atoms with E-state index in [-0.39, 0.29) is 5.91 Å². The fraction of sp³-hybridized carbons (Fsp3) is 0.375. The number of hydrogen-bond donors (Lipinski definition) is 0. The molecule has 0 saturated heterocycles. The van der Waals surface area contributed by atoms with Crippen LogP contribution in [0.5, 0.6) is 0 Å². The number of nitrogens with zero attached hydrogens (tertiary/aromatic N) is 1. The molecule has 2 nitrogen and oxygen atoms in total. The first-order chi connectivity index (χ1) is 5.66. The second kappa shape index (κ2) is 4.05. The van der Waals surface area contributed by atoms with Crippen molar-refractivity contribution in [3.8, 4) is 0 Å². The molecule has 66 valence electrons. The third-order valence-corrected chi connectivity index (χ3v) is 3.46. The fourth-order valence-electron chi connectivity index (χ4n) is 0.763. The number of carbonyl (C=O) groups excluding carboxylic acids is 1. The van der Waals surface area contributed by atoms with Gasteiger partial charge in [0.15, 0.2) is 0 Å². The molecule has 1 aromatic heterocycles. The van der Waals surface area contributed by atoms with Crippen LogP contribution in [0.2, 0.25) is 0 Å².